The van der Waals surface area contributed by atoms with Crippen molar-refractivity contribution in [3.8, 4) is 0 Å². The minimum Gasteiger partial charge on any atom is -0.455 e. The minimum atomic E-state index is -0.0148. The van der Waals surface area contributed by atoms with Gasteiger partial charge in [-0.05, 0) is 51.0 Å². The second kappa shape index (κ2) is 4.68. The highest BCUT2D eigenvalue weighted by Crippen LogP contribution is 2.30. The lowest BCUT2D eigenvalue weighted by Crippen LogP contribution is -2.02. The van der Waals surface area contributed by atoms with Gasteiger partial charge in [-0.15, -0.1) is 0 Å². The summed E-state index contributed by atoms with van der Waals surface area (Å²) >= 11 is 6.87. The molecule has 0 unspecified atom stereocenters. The molecule has 0 aliphatic rings. The second-order valence-corrected chi connectivity index (χ2v) is 6.66. The lowest BCUT2D eigenvalue weighted by Gasteiger charge is -2.05. The Labute approximate surface area is 136 Å². The van der Waals surface area contributed by atoms with Crippen LogP contribution in [0.25, 0.3) is 32.7 Å². The van der Waals surface area contributed by atoms with E-state index in [1.54, 1.807) is 6.07 Å². The fourth-order valence-corrected chi connectivity index (χ4v) is 3.88. The number of fused-ring (bicyclic) bond motifs is 3. The van der Waals surface area contributed by atoms with E-state index in [0.29, 0.717) is 21.9 Å². The predicted molar refractivity (Wildman–Crippen MR) is 92.9 cm³/mol. The van der Waals surface area contributed by atoms with Gasteiger partial charge in [0.1, 0.15) is 5.58 Å². The zero-order valence-electron chi connectivity index (χ0n) is 10.7. The standard InChI is InChI=1S/C17H8Br2O2/c18-11-7-13-16(20)12-5-9-3-1-2-4-10(9)6-15(12)21-17(13)14(19)8-11/h1-8H. The maximum absolute atomic E-state index is 12.7. The van der Waals surface area contributed by atoms with E-state index in [-0.39, 0.29) is 5.43 Å². The summed E-state index contributed by atoms with van der Waals surface area (Å²) in [5.74, 6) is 0. The second-order valence-electron chi connectivity index (χ2n) is 4.89. The van der Waals surface area contributed by atoms with Crippen LogP contribution < -0.4 is 5.43 Å². The van der Waals surface area contributed by atoms with Crippen LogP contribution in [0.2, 0.25) is 0 Å². The molecule has 0 atom stereocenters. The molecule has 2 nitrogen and oxygen atoms in total. The maximum Gasteiger partial charge on any atom is 0.200 e. The van der Waals surface area contributed by atoms with Crippen molar-refractivity contribution >= 4 is 64.6 Å². The highest BCUT2D eigenvalue weighted by molar-refractivity contribution is 9.11. The van der Waals surface area contributed by atoms with E-state index in [4.69, 9.17) is 4.42 Å². The van der Waals surface area contributed by atoms with Gasteiger partial charge in [0.05, 0.1) is 15.2 Å². The molecule has 4 rings (SSSR count). The van der Waals surface area contributed by atoms with Gasteiger partial charge in [0.25, 0.3) is 0 Å². The molecular weight excluding hydrogens is 396 g/mol. The highest BCUT2D eigenvalue weighted by Gasteiger charge is 2.12. The number of hydrogen-bond donors (Lipinski definition) is 0. The summed E-state index contributed by atoms with van der Waals surface area (Å²) in [6.07, 6.45) is 0. The van der Waals surface area contributed by atoms with Crippen molar-refractivity contribution in [1.82, 2.24) is 0 Å². The number of halogens is 2. The zero-order valence-corrected chi connectivity index (χ0v) is 13.9. The van der Waals surface area contributed by atoms with Gasteiger partial charge in [0.2, 0.25) is 5.43 Å². The molecule has 21 heavy (non-hydrogen) atoms. The van der Waals surface area contributed by atoms with E-state index in [9.17, 15) is 4.79 Å². The van der Waals surface area contributed by atoms with E-state index < -0.39 is 0 Å². The smallest absolute Gasteiger partial charge is 0.200 e. The van der Waals surface area contributed by atoms with Crippen molar-refractivity contribution < 1.29 is 4.42 Å². The van der Waals surface area contributed by atoms with Gasteiger partial charge in [-0.2, -0.15) is 0 Å². The number of rotatable bonds is 0. The van der Waals surface area contributed by atoms with Gasteiger partial charge >= 0.3 is 0 Å². The first-order valence-electron chi connectivity index (χ1n) is 6.38. The van der Waals surface area contributed by atoms with Crippen LogP contribution in [0.1, 0.15) is 0 Å². The predicted octanol–water partition coefficient (Wildman–Crippen LogP) is 5.62. The fraction of sp³-hybridized carbons (Fsp3) is 0. The number of benzene rings is 3. The average Bonchev–Trinajstić information content (AvgIpc) is 2.47. The summed E-state index contributed by atoms with van der Waals surface area (Å²) in [6.45, 7) is 0. The topological polar surface area (TPSA) is 30.2 Å². The first-order chi connectivity index (χ1) is 10.1. The van der Waals surface area contributed by atoms with Crippen molar-refractivity contribution in [3.05, 3.63) is 67.7 Å². The maximum atomic E-state index is 12.7. The van der Waals surface area contributed by atoms with E-state index in [2.05, 4.69) is 31.9 Å². The molecule has 102 valence electrons. The van der Waals surface area contributed by atoms with Crippen LogP contribution in [0.3, 0.4) is 0 Å². The zero-order chi connectivity index (χ0) is 14.6. The molecule has 1 heterocycles. The Morgan fingerprint density at radius 2 is 1.57 bits per heavy atom. The van der Waals surface area contributed by atoms with Crippen LogP contribution in [0.4, 0.5) is 0 Å². The van der Waals surface area contributed by atoms with E-state index in [0.717, 1.165) is 19.7 Å². The number of hydrogen-bond acceptors (Lipinski definition) is 2. The minimum absolute atomic E-state index is 0.0148. The summed E-state index contributed by atoms with van der Waals surface area (Å²) in [5.41, 5.74) is 1.17. The van der Waals surface area contributed by atoms with Gasteiger partial charge in [-0.3, -0.25) is 4.79 Å². The normalized spacial score (nSPS) is 11.5. The first kappa shape index (κ1) is 13.0. The fourth-order valence-electron chi connectivity index (χ4n) is 2.57. The third-order valence-electron chi connectivity index (χ3n) is 3.56. The lowest BCUT2D eigenvalue weighted by atomic mass is 10.1. The van der Waals surface area contributed by atoms with Crippen molar-refractivity contribution in [1.29, 1.82) is 0 Å². The van der Waals surface area contributed by atoms with Gasteiger partial charge in [0.15, 0.2) is 5.58 Å². The third-order valence-corrected chi connectivity index (χ3v) is 4.60. The quantitative estimate of drug-likeness (QED) is 0.356. The third kappa shape index (κ3) is 2.01. The molecule has 0 saturated heterocycles. The van der Waals surface area contributed by atoms with E-state index in [1.807, 2.05) is 42.5 Å². The molecular formula is C17H8Br2O2. The summed E-state index contributed by atoms with van der Waals surface area (Å²) in [5, 5.41) is 3.26. The SMILES string of the molecule is O=c1c2cc3ccccc3cc2oc2c(Br)cc(Br)cc12. The Kier molecular flexibility index (Phi) is 2.91. The molecule has 3 aromatic carbocycles. The Bertz CT molecular complexity index is 1080. The summed E-state index contributed by atoms with van der Waals surface area (Å²) < 4.78 is 7.56. The Morgan fingerprint density at radius 3 is 2.33 bits per heavy atom. The molecule has 0 amide bonds. The molecule has 0 aliphatic carbocycles. The summed E-state index contributed by atoms with van der Waals surface area (Å²) in [6, 6.07) is 15.4. The molecule has 0 fully saturated rings. The largest absolute Gasteiger partial charge is 0.455 e. The van der Waals surface area contributed by atoms with E-state index >= 15 is 0 Å². The molecule has 4 heteroatoms. The Hall–Kier alpha value is -1.65. The first-order valence-corrected chi connectivity index (χ1v) is 7.96. The van der Waals surface area contributed by atoms with Crippen LogP contribution in [0.5, 0.6) is 0 Å². The average molecular weight is 404 g/mol. The van der Waals surface area contributed by atoms with Crippen molar-refractivity contribution in [3.63, 3.8) is 0 Å². The molecule has 4 aromatic rings. The molecule has 0 aliphatic heterocycles. The van der Waals surface area contributed by atoms with Crippen LogP contribution in [-0.2, 0) is 0 Å². The molecule has 1 aromatic heterocycles. The van der Waals surface area contributed by atoms with Crippen molar-refractivity contribution in [2.45, 2.75) is 0 Å². The molecule has 0 saturated carbocycles. The van der Waals surface area contributed by atoms with E-state index in [1.165, 1.54) is 0 Å². The van der Waals surface area contributed by atoms with Gasteiger partial charge in [-0.1, -0.05) is 40.2 Å². The molecule has 0 bridgehead atoms. The van der Waals surface area contributed by atoms with Crippen LogP contribution in [-0.4, -0.2) is 0 Å². The summed E-state index contributed by atoms with van der Waals surface area (Å²) in [7, 11) is 0. The van der Waals surface area contributed by atoms with Crippen molar-refractivity contribution in [2.75, 3.05) is 0 Å². The highest BCUT2D eigenvalue weighted by atomic mass is 79.9. The van der Waals surface area contributed by atoms with Gasteiger partial charge in [-0.25, -0.2) is 0 Å². The van der Waals surface area contributed by atoms with Crippen molar-refractivity contribution in [2.24, 2.45) is 0 Å². The Morgan fingerprint density at radius 1 is 0.857 bits per heavy atom. The van der Waals surface area contributed by atoms with Crippen LogP contribution >= 0.6 is 31.9 Å². The molecule has 0 radical (unpaired) electrons. The molecule has 0 spiro atoms. The van der Waals surface area contributed by atoms with Gasteiger partial charge < -0.3 is 4.42 Å². The van der Waals surface area contributed by atoms with Crippen LogP contribution in [0, 0.1) is 0 Å². The van der Waals surface area contributed by atoms with Gasteiger partial charge in [0, 0.05) is 4.47 Å². The van der Waals surface area contributed by atoms with Crippen LogP contribution in [0.15, 0.2) is 66.7 Å². The molecule has 0 N–H and O–H groups in total. The summed E-state index contributed by atoms with van der Waals surface area (Å²) in [4.78, 5) is 12.7. The monoisotopic (exact) mass is 402 g/mol. The Balaban J connectivity index is 2.28. The lowest BCUT2D eigenvalue weighted by molar-refractivity contribution is 0.658.